The van der Waals surface area contributed by atoms with Gasteiger partial charge in [-0.05, 0) is 61.4 Å². The van der Waals surface area contributed by atoms with Crippen LogP contribution >= 0.6 is 23.5 Å². The number of nitrogens with zero attached hydrogens (tertiary/aromatic N) is 2. The van der Waals surface area contributed by atoms with Gasteiger partial charge in [-0.1, -0.05) is 24.8 Å². The van der Waals surface area contributed by atoms with Crippen LogP contribution in [0.15, 0.2) is 57.3 Å². The molecule has 3 aromatic rings. The second kappa shape index (κ2) is 8.88. The Labute approximate surface area is 188 Å². The van der Waals surface area contributed by atoms with Gasteiger partial charge < -0.3 is 5.32 Å². The van der Waals surface area contributed by atoms with E-state index in [-0.39, 0.29) is 28.3 Å². The summed E-state index contributed by atoms with van der Waals surface area (Å²) < 4.78 is 14.9. The first kappa shape index (κ1) is 21.6. The van der Waals surface area contributed by atoms with Crippen molar-refractivity contribution in [2.45, 2.75) is 42.5 Å². The molecule has 1 aliphatic heterocycles. The van der Waals surface area contributed by atoms with E-state index >= 15 is 0 Å². The lowest BCUT2D eigenvalue weighted by Crippen LogP contribution is -2.24. The molecular weight excluding hydrogens is 433 g/mol. The van der Waals surface area contributed by atoms with Crippen molar-refractivity contribution in [3.05, 3.63) is 75.5 Å². The molecule has 1 atom stereocenters. The van der Waals surface area contributed by atoms with Gasteiger partial charge in [0.1, 0.15) is 5.82 Å². The Morgan fingerprint density at radius 2 is 1.90 bits per heavy atom. The number of rotatable bonds is 5. The second-order valence-electron chi connectivity index (χ2n) is 7.63. The molecule has 0 fully saturated rings. The molecular formula is C23H22FN3O2S2. The van der Waals surface area contributed by atoms with Crippen LogP contribution in [0.1, 0.15) is 23.7 Å². The van der Waals surface area contributed by atoms with E-state index < -0.39 is 0 Å². The topological polar surface area (TPSA) is 64.0 Å². The summed E-state index contributed by atoms with van der Waals surface area (Å²) in [6.45, 7) is 6.01. The maximum atomic E-state index is 13.4. The van der Waals surface area contributed by atoms with Gasteiger partial charge in [0.15, 0.2) is 5.16 Å². The van der Waals surface area contributed by atoms with Crippen LogP contribution in [0.25, 0.3) is 5.69 Å². The molecule has 2 heterocycles. The fourth-order valence-electron chi connectivity index (χ4n) is 3.59. The number of halogens is 1. The van der Waals surface area contributed by atoms with Gasteiger partial charge in [0.2, 0.25) is 5.91 Å². The summed E-state index contributed by atoms with van der Waals surface area (Å²) in [5.41, 5.74) is 3.99. The van der Waals surface area contributed by atoms with Crippen molar-refractivity contribution < 1.29 is 9.18 Å². The molecule has 0 bridgehead atoms. The van der Waals surface area contributed by atoms with Gasteiger partial charge in [0.25, 0.3) is 5.56 Å². The molecule has 0 saturated carbocycles. The molecule has 4 rings (SSSR count). The van der Waals surface area contributed by atoms with Crippen LogP contribution in [-0.4, -0.2) is 26.5 Å². The minimum atomic E-state index is -0.379. The molecule has 0 radical (unpaired) electrons. The van der Waals surface area contributed by atoms with Gasteiger partial charge in [-0.25, -0.2) is 9.37 Å². The smallest absolute Gasteiger partial charge is 0.272 e. The van der Waals surface area contributed by atoms with Gasteiger partial charge in [-0.3, -0.25) is 14.2 Å². The molecule has 1 aromatic heterocycles. The zero-order valence-corrected chi connectivity index (χ0v) is 19.1. The van der Waals surface area contributed by atoms with Crippen molar-refractivity contribution in [3.63, 3.8) is 0 Å². The molecule has 1 unspecified atom stereocenters. The molecule has 0 aliphatic carbocycles. The van der Waals surface area contributed by atoms with Crippen molar-refractivity contribution >= 4 is 35.1 Å². The summed E-state index contributed by atoms with van der Waals surface area (Å²) in [6.07, 6.45) is 0.710. The number of aryl methyl sites for hydroxylation is 2. The first-order valence-electron chi connectivity index (χ1n) is 9.89. The third kappa shape index (κ3) is 4.85. The number of fused-ring (bicyclic) bond motifs is 1. The summed E-state index contributed by atoms with van der Waals surface area (Å²) in [6, 6.07) is 11.6. The molecule has 160 valence electrons. The predicted molar refractivity (Wildman–Crippen MR) is 124 cm³/mol. The standard InChI is InChI=1S/C23H22FN3O2S2/c1-13-8-14(2)10-17(9-13)25-20(28)12-30-23-26-19-11-15(3)31-21(19)22(29)27(23)18-6-4-16(24)5-7-18/h4-10,15H,11-12H2,1-3H3,(H,25,28). The molecule has 2 aromatic carbocycles. The van der Waals surface area contributed by atoms with Crippen LogP contribution in [0.3, 0.4) is 0 Å². The number of aromatic nitrogens is 2. The average Bonchev–Trinajstić information content (AvgIpc) is 3.07. The van der Waals surface area contributed by atoms with Gasteiger partial charge in [0.05, 0.1) is 22.0 Å². The summed E-state index contributed by atoms with van der Waals surface area (Å²) in [5, 5.41) is 3.61. The van der Waals surface area contributed by atoms with Crippen LogP contribution in [0.2, 0.25) is 0 Å². The Hall–Kier alpha value is -2.58. The summed E-state index contributed by atoms with van der Waals surface area (Å²) >= 11 is 2.71. The lowest BCUT2D eigenvalue weighted by Gasteiger charge is -2.14. The Morgan fingerprint density at radius 1 is 1.23 bits per heavy atom. The first-order chi connectivity index (χ1) is 14.8. The number of benzene rings is 2. The molecule has 0 saturated heterocycles. The number of amides is 1. The van der Waals surface area contributed by atoms with Gasteiger partial charge in [0, 0.05) is 17.4 Å². The largest absolute Gasteiger partial charge is 0.325 e. The third-order valence-electron chi connectivity index (χ3n) is 4.80. The Morgan fingerprint density at radius 3 is 2.58 bits per heavy atom. The SMILES string of the molecule is Cc1cc(C)cc(NC(=O)CSc2nc3c(c(=O)n2-c2ccc(F)cc2)SC(C)C3)c1. The van der Waals surface area contributed by atoms with Crippen LogP contribution in [0.5, 0.6) is 0 Å². The molecule has 8 heteroatoms. The number of carbonyl (C=O) groups is 1. The minimum Gasteiger partial charge on any atom is -0.325 e. The molecule has 1 aliphatic rings. The van der Waals surface area contributed by atoms with E-state index in [1.807, 2.05) is 32.0 Å². The van der Waals surface area contributed by atoms with Crippen LogP contribution < -0.4 is 10.9 Å². The highest BCUT2D eigenvalue weighted by Crippen LogP contribution is 2.35. The fraction of sp³-hybridized carbons (Fsp3) is 0.261. The monoisotopic (exact) mass is 455 g/mol. The van der Waals surface area contributed by atoms with Crippen LogP contribution in [0, 0.1) is 19.7 Å². The number of hydrogen-bond donors (Lipinski definition) is 1. The van der Waals surface area contributed by atoms with Crippen molar-refractivity contribution in [2.24, 2.45) is 0 Å². The van der Waals surface area contributed by atoms with E-state index in [4.69, 9.17) is 4.98 Å². The van der Waals surface area contributed by atoms with E-state index in [1.54, 1.807) is 12.1 Å². The summed E-state index contributed by atoms with van der Waals surface area (Å²) in [5.74, 6) is -0.462. The van der Waals surface area contributed by atoms with Crippen LogP contribution in [-0.2, 0) is 11.2 Å². The van der Waals surface area contributed by atoms with Gasteiger partial charge >= 0.3 is 0 Å². The van der Waals surface area contributed by atoms with Crippen molar-refractivity contribution in [2.75, 3.05) is 11.1 Å². The zero-order valence-electron chi connectivity index (χ0n) is 17.4. The number of nitrogens with one attached hydrogen (secondary N) is 1. The predicted octanol–water partition coefficient (Wildman–Crippen LogP) is 4.76. The maximum absolute atomic E-state index is 13.4. The van der Waals surface area contributed by atoms with Crippen molar-refractivity contribution in [1.82, 2.24) is 9.55 Å². The van der Waals surface area contributed by atoms with E-state index in [0.717, 1.165) is 22.5 Å². The number of anilines is 1. The van der Waals surface area contributed by atoms with E-state index in [9.17, 15) is 14.0 Å². The first-order valence-corrected chi connectivity index (χ1v) is 11.8. The highest BCUT2D eigenvalue weighted by Gasteiger charge is 2.27. The highest BCUT2D eigenvalue weighted by molar-refractivity contribution is 8.00. The van der Waals surface area contributed by atoms with Gasteiger partial charge in [-0.15, -0.1) is 11.8 Å². The van der Waals surface area contributed by atoms with E-state index in [2.05, 4.69) is 12.2 Å². The van der Waals surface area contributed by atoms with Crippen molar-refractivity contribution in [1.29, 1.82) is 0 Å². The van der Waals surface area contributed by atoms with Crippen molar-refractivity contribution in [3.8, 4) is 5.69 Å². The zero-order chi connectivity index (χ0) is 22.1. The molecule has 31 heavy (non-hydrogen) atoms. The lowest BCUT2D eigenvalue weighted by molar-refractivity contribution is -0.113. The quantitative estimate of drug-likeness (QED) is 0.444. The minimum absolute atomic E-state index is 0.0993. The number of hydrogen-bond acceptors (Lipinski definition) is 5. The third-order valence-corrected chi connectivity index (χ3v) is 6.96. The van der Waals surface area contributed by atoms with Gasteiger partial charge in [-0.2, -0.15) is 0 Å². The molecule has 1 amide bonds. The summed E-state index contributed by atoms with van der Waals surface area (Å²) in [4.78, 5) is 31.1. The Bertz CT molecular complexity index is 1190. The Kier molecular flexibility index (Phi) is 6.20. The maximum Gasteiger partial charge on any atom is 0.272 e. The number of thioether (sulfide) groups is 2. The summed E-state index contributed by atoms with van der Waals surface area (Å²) in [7, 11) is 0. The molecule has 1 N–H and O–H groups in total. The average molecular weight is 456 g/mol. The van der Waals surface area contributed by atoms with E-state index in [0.29, 0.717) is 22.2 Å². The van der Waals surface area contributed by atoms with E-state index in [1.165, 1.54) is 40.2 Å². The van der Waals surface area contributed by atoms with Crippen LogP contribution in [0.4, 0.5) is 10.1 Å². The normalized spacial score (nSPS) is 15.0. The molecule has 5 nitrogen and oxygen atoms in total. The molecule has 0 spiro atoms. The Balaban J connectivity index is 1.62. The second-order valence-corrected chi connectivity index (χ2v) is 10.0. The lowest BCUT2D eigenvalue weighted by atomic mass is 10.1. The number of carbonyl (C=O) groups excluding carboxylic acids is 1. The fourth-order valence-corrected chi connectivity index (χ4v) is 5.51. The highest BCUT2D eigenvalue weighted by atomic mass is 32.2.